The smallest absolute Gasteiger partial charge is 0.335 e. The molecule has 5 nitrogen and oxygen atoms in total. The highest BCUT2D eigenvalue weighted by atomic mass is 19.1. The number of carbonyl (C=O) groups is 1. The van der Waals surface area contributed by atoms with Crippen LogP contribution in [0.1, 0.15) is 35.7 Å². The van der Waals surface area contributed by atoms with Crippen molar-refractivity contribution < 1.29 is 14.3 Å². The lowest BCUT2D eigenvalue weighted by Crippen LogP contribution is -2.28. The van der Waals surface area contributed by atoms with Crippen LogP contribution in [0, 0.1) is 12.7 Å². The fourth-order valence-electron chi connectivity index (χ4n) is 3.70. The summed E-state index contributed by atoms with van der Waals surface area (Å²) >= 11 is 0. The van der Waals surface area contributed by atoms with Gasteiger partial charge in [0.25, 0.3) is 0 Å². The number of carboxylic acids is 1. The second-order valence-corrected chi connectivity index (χ2v) is 7.05. The highest BCUT2D eigenvalue weighted by Crippen LogP contribution is 2.35. The Labute approximate surface area is 156 Å². The molecule has 1 saturated heterocycles. The Morgan fingerprint density at radius 2 is 2.00 bits per heavy atom. The number of aryl methyl sites for hydroxylation is 1. The predicted octanol–water partition coefficient (Wildman–Crippen LogP) is 4.43. The first-order chi connectivity index (χ1) is 12.9. The van der Waals surface area contributed by atoms with Gasteiger partial charge in [0.2, 0.25) is 0 Å². The zero-order valence-electron chi connectivity index (χ0n) is 15.2. The van der Waals surface area contributed by atoms with E-state index < -0.39 is 5.97 Å². The summed E-state index contributed by atoms with van der Waals surface area (Å²) in [6.45, 7) is 4.87. The number of aromatic nitrogens is 2. The molecule has 2 heterocycles. The molecule has 2 aromatic carbocycles. The third-order valence-electron chi connectivity index (χ3n) is 5.16. The number of aromatic carboxylic acids is 1. The van der Waals surface area contributed by atoms with E-state index in [4.69, 9.17) is 9.97 Å². The van der Waals surface area contributed by atoms with Gasteiger partial charge in [0.05, 0.1) is 16.6 Å². The van der Waals surface area contributed by atoms with Crippen LogP contribution in [0.4, 0.5) is 10.2 Å². The summed E-state index contributed by atoms with van der Waals surface area (Å²) in [5.41, 5.74) is 3.68. The number of fused-ring (bicyclic) bond motifs is 1. The molecule has 0 bridgehead atoms. The maximum absolute atomic E-state index is 13.6. The fourth-order valence-corrected chi connectivity index (χ4v) is 3.70. The van der Waals surface area contributed by atoms with Crippen molar-refractivity contribution in [3.05, 3.63) is 53.3 Å². The van der Waals surface area contributed by atoms with Gasteiger partial charge in [-0.3, -0.25) is 0 Å². The van der Waals surface area contributed by atoms with Gasteiger partial charge in [-0.15, -0.1) is 0 Å². The number of benzene rings is 2. The minimum absolute atomic E-state index is 0.183. The molecule has 3 aromatic rings. The van der Waals surface area contributed by atoms with Crippen molar-refractivity contribution >= 4 is 22.8 Å². The molecular weight excluding hydrogens is 345 g/mol. The van der Waals surface area contributed by atoms with E-state index in [2.05, 4.69) is 11.8 Å². The summed E-state index contributed by atoms with van der Waals surface area (Å²) in [6.07, 6.45) is 2.13. The van der Waals surface area contributed by atoms with Crippen LogP contribution in [-0.2, 0) is 0 Å². The zero-order valence-corrected chi connectivity index (χ0v) is 15.2. The Bertz CT molecular complexity index is 1050. The van der Waals surface area contributed by atoms with E-state index in [9.17, 15) is 14.3 Å². The number of halogens is 1. The third-order valence-corrected chi connectivity index (χ3v) is 5.16. The van der Waals surface area contributed by atoms with Crippen molar-refractivity contribution in [2.45, 2.75) is 32.7 Å². The average molecular weight is 365 g/mol. The van der Waals surface area contributed by atoms with E-state index in [0.29, 0.717) is 22.8 Å². The van der Waals surface area contributed by atoms with Crippen molar-refractivity contribution in [1.29, 1.82) is 0 Å². The van der Waals surface area contributed by atoms with E-state index in [1.807, 2.05) is 6.92 Å². The quantitative estimate of drug-likeness (QED) is 0.744. The number of hydrogen-bond acceptors (Lipinski definition) is 4. The minimum Gasteiger partial charge on any atom is -0.478 e. The van der Waals surface area contributed by atoms with Crippen LogP contribution in [0.15, 0.2) is 36.4 Å². The second-order valence-electron chi connectivity index (χ2n) is 7.05. The zero-order chi connectivity index (χ0) is 19.1. The Kier molecular flexibility index (Phi) is 4.26. The predicted molar refractivity (Wildman–Crippen MR) is 103 cm³/mol. The third kappa shape index (κ3) is 3.12. The van der Waals surface area contributed by atoms with Crippen LogP contribution < -0.4 is 4.90 Å². The molecule has 6 heteroatoms. The Morgan fingerprint density at radius 3 is 2.67 bits per heavy atom. The first kappa shape index (κ1) is 17.4. The van der Waals surface area contributed by atoms with Gasteiger partial charge in [0, 0.05) is 18.2 Å². The molecule has 1 N–H and O–H groups in total. The molecule has 0 amide bonds. The summed E-state index contributed by atoms with van der Waals surface area (Å²) in [7, 11) is 0. The molecule has 1 fully saturated rings. The SMILES string of the molecule is Cc1cc(F)ccc1-c1nc2ccc(C(=O)O)cc2nc1N1CCCC1C. The van der Waals surface area contributed by atoms with Crippen LogP contribution in [0.2, 0.25) is 0 Å². The number of anilines is 1. The largest absolute Gasteiger partial charge is 0.478 e. The summed E-state index contributed by atoms with van der Waals surface area (Å²) in [6, 6.07) is 9.72. The van der Waals surface area contributed by atoms with Gasteiger partial charge in [-0.1, -0.05) is 0 Å². The van der Waals surface area contributed by atoms with E-state index in [-0.39, 0.29) is 11.4 Å². The molecule has 0 radical (unpaired) electrons. The fraction of sp³-hybridized carbons (Fsp3) is 0.286. The summed E-state index contributed by atoms with van der Waals surface area (Å²) in [5, 5.41) is 9.27. The molecule has 1 unspecified atom stereocenters. The first-order valence-corrected chi connectivity index (χ1v) is 9.02. The van der Waals surface area contributed by atoms with Crippen molar-refractivity contribution in [3.8, 4) is 11.3 Å². The van der Waals surface area contributed by atoms with Crippen molar-refractivity contribution in [3.63, 3.8) is 0 Å². The van der Waals surface area contributed by atoms with Gasteiger partial charge < -0.3 is 10.0 Å². The van der Waals surface area contributed by atoms with Crippen LogP contribution >= 0.6 is 0 Å². The molecule has 1 atom stereocenters. The summed E-state index contributed by atoms with van der Waals surface area (Å²) in [5.74, 6) is -0.551. The molecule has 1 aromatic heterocycles. The van der Waals surface area contributed by atoms with E-state index >= 15 is 0 Å². The Balaban J connectivity index is 1.97. The highest BCUT2D eigenvalue weighted by Gasteiger charge is 2.26. The van der Waals surface area contributed by atoms with Crippen LogP contribution in [0.5, 0.6) is 0 Å². The van der Waals surface area contributed by atoms with Gasteiger partial charge >= 0.3 is 5.97 Å². The molecule has 1 aliphatic rings. The monoisotopic (exact) mass is 365 g/mol. The van der Waals surface area contributed by atoms with E-state index in [1.165, 1.54) is 18.2 Å². The summed E-state index contributed by atoms with van der Waals surface area (Å²) in [4.78, 5) is 23.1. The molecule has 0 spiro atoms. The number of hydrogen-bond donors (Lipinski definition) is 1. The lowest BCUT2D eigenvalue weighted by Gasteiger charge is -2.25. The molecule has 27 heavy (non-hydrogen) atoms. The number of rotatable bonds is 3. The van der Waals surface area contributed by atoms with Gasteiger partial charge in [0.1, 0.15) is 11.5 Å². The molecular formula is C21H20FN3O2. The molecule has 138 valence electrons. The molecule has 0 aliphatic carbocycles. The Morgan fingerprint density at radius 1 is 1.19 bits per heavy atom. The number of carboxylic acid groups (broad SMARTS) is 1. The maximum Gasteiger partial charge on any atom is 0.335 e. The van der Waals surface area contributed by atoms with Crippen LogP contribution in [0.25, 0.3) is 22.3 Å². The van der Waals surface area contributed by atoms with Crippen molar-refractivity contribution in [2.24, 2.45) is 0 Å². The topological polar surface area (TPSA) is 66.3 Å². The lowest BCUT2D eigenvalue weighted by atomic mass is 10.0. The first-order valence-electron chi connectivity index (χ1n) is 9.02. The van der Waals surface area contributed by atoms with E-state index in [1.54, 1.807) is 18.2 Å². The van der Waals surface area contributed by atoms with Gasteiger partial charge in [-0.05, 0) is 68.7 Å². The molecule has 0 saturated carbocycles. The lowest BCUT2D eigenvalue weighted by molar-refractivity contribution is 0.0697. The van der Waals surface area contributed by atoms with Gasteiger partial charge in [-0.2, -0.15) is 0 Å². The average Bonchev–Trinajstić information content (AvgIpc) is 3.06. The van der Waals surface area contributed by atoms with Crippen LogP contribution in [0.3, 0.4) is 0 Å². The maximum atomic E-state index is 13.6. The van der Waals surface area contributed by atoms with Crippen molar-refractivity contribution in [2.75, 3.05) is 11.4 Å². The normalized spacial score (nSPS) is 16.9. The van der Waals surface area contributed by atoms with Crippen LogP contribution in [-0.4, -0.2) is 33.6 Å². The summed E-state index contributed by atoms with van der Waals surface area (Å²) < 4.78 is 13.6. The van der Waals surface area contributed by atoms with Gasteiger partial charge in [-0.25, -0.2) is 19.2 Å². The highest BCUT2D eigenvalue weighted by molar-refractivity contribution is 5.93. The van der Waals surface area contributed by atoms with E-state index in [0.717, 1.165) is 36.3 Å². The Hall–Kier alpha value is -3.02. The number of nitrogens with zero attached hydrogens (tertiary/aromatic N) is 3. The van der Waals surface area contributed by atoms with Gasteiger partial charge in [0.15, 0.2) is 5.82 Å². The minimum atomic E-state index is -0.992. The molecule has 4 rings (SSSR count). The van der Waals surface area contributed by atoms with Crippen molar-refractivity contribution in [1.82, 2.24) is 9.97 Å². The molecule has 1 aliphatic heterocycles. The second kappa shape index (κ2) is 6.61. The standard InChI is InChI=1S/C21H20FN3O2/c1-12-10-15(22)6-7-16(12)19-20(25-9-3-4-13(25)2)24-18-11-14(21(26)27)5-8-17(18)23-19/h5-8,10-11,13H,3-4,9H2,1-2H3,(H,26,27).